The minimum absolute atomic E-state index is 0.129. The van der Waals surface area contributed by atoms with Crippen LogP contribution < -0.4 is 10.5 Å². The Morgan fingerprint density at radius 3 is 2.74 bits per heavy atom. The van der Waals surface area contributed by atoms with E-state index in [0.717, 1.165) is 38.1 Å². The zero-order valence-electron chi connectivity index (χ0n) is 12.5. The Hall–Kier alpha value is -1.77. The summed E-state index contributed by atoms with van der Waals surface area (Å²) in [4.78, 5) is 13.8. The smallest absolute Gasteiger partial charge is 0.257 e. The molecule has 0 fully saturated rings. The van der Waals surface area contributed by atoms with Crippen LogP contribution >= 0.6 is 0 Å². The number of rotatable bonds is 2. The van der Waals surface area contributed by atoms with Gasteiger partial charge in [0.15, 0.2) is 0 Å². The molecule has 2 aliphatic rings. The van der Waals surface area contributed by atoms with E-state index in [0.29, 0.717) is 13.1 Å². The highest BCUT2D eigenvalue weighted by molar-refractivity contribution is 7.89. The Kier molecular flexibility index (Phi) is 4.22. The fraction of sp³-hybridized carbons (Fsp3) is 0.400. The molecule has 2 heterocycles. The van der Waals surface area contributed by atoms with Crippen molar-refractivity contribution in [1.82, 2.24) is 10.2 Å². The van der Waals surface area contributed by atoms with Crippen molar-refractivity contribution in [1.29, 1.82) is 0 Å². The number of nitrogens with two attached hydrogens (primary N) is 1. The van der Waals surface area contributed by atoms with Crippen LogP contribution in [0.2, 0.25) is 0 Å². The number of benzene rings is 1. The molecule has 1 amide bonds. The molecule has 0 aromatic heterocycles. The standard InChI is InChI=1S/C15H18FN3O3S/c16-14-7-12(23(17,21)22)1-2-13(14)15(20)19-6-4-10-8-18-5-3-11(10)9-19/h1-2,7,18H,3-6,8-9H2,(H2,17,21,22). The monoisotopic (exact) mass is 339 g/mol. The van der Waals surface area contributed by atoms with Gasteiger partial charge in [0.2, 0.25) is 10.0 Å². The molecule has 0 spiro atoms. The quantitative estimate of drug-likeness (QED) is 0.772. The van der Waals surface area contributed by atoms with Gasteiger partial charge in [-0.15, -0.1) is 0 Å². The van der Waals surface area contributed by atoms with Crippen molar-refractivity contribution in [3.8, 4) is 0 Å². The fourth-order valence-electron chi connectivity index (χ4n) is 3.01. The molecule has 0 radical (unpaired) electrons. The largest absolute Gasteiger partial charge is 0.334 e. The third-order valence-electron chi connectivity index (χ3n) is 4.29. The van der Waals surface area contributed by atoms with Crippen LogP contribution in [0.1, 0.15) is 23.2 Å². The van der Waals surface area contributed by atoms with E-state index in [1.54, 1.807) is 4.90 Å². The summed E-state index contributed by atoms with van der Waals surface area (Å²) in [5.74, 6) is -1.29. The minimum Gasteiger partial charge on any atom is -0.334 e. The van der Waals surface area contributed by atoms with Crippen molar-refractivity contribution in [3.05, 3.63) is 40.7 Å². The molecule has 8 heteroatoms. The highest BCUT2D eigenvalue weighted by Gasteiger charge is 2.26. The van der Waals surface area contributed by atoms with E-state index in [2.05, 4.69) is 5.32 Å². The van der Waals surface area contributed by atoms with Crippen molar-refractivity contribution in [2.24, 2.45) is 5.14 Å². The average Bonchev–Trinajstić information content (AvgIpc) is 2.53. The number of hydrogen-bond donors (Lipinski definition) is 2. The van der Waals surface area contributed by atoms with Gasteiger partial charge in [-0.2, -0.15) is 0 Å². The second kappa shape index (κ2) is 6.03. The topological polar surface area (TPSA) is 92.5 Å². The lowest BCUT2D eigenvalue weighted by Crippen LogP contribution is -2.41. The molecule has 0 saturated carbocycles. The zero-order valence-corrected chi connectivity index (χ0v) is 13.3. The Balaban J connectivity index is 1.83. The van der Waals surface area contributed by atoms with E-state index in [-0.39, 0.29) is 10.5 Å². The summed E-state index contributed by atoms with van der Waals surface area (Å²) in [7, 11) is -3.99. The van der Waals surface area contributed by atoms with Gasteiger partial charge in [0, 0.05) is 19.6 Å². The van der Waals surface area contributed by atoms with Gasteiger partial charge in [-0.1, -0.05) is 5.57 Å². The minimum atomic E-state index is -3.99. The highest BCUT2D eigenvalue weighted by atomic mass is 32.2. The van der Waals surface area contributed by atoms with Crippen molar-refractivity contribution >= 4 is 15.9 Å². The van der Waals surface area contributed by atoms with Crippen LogP contribution in [0.15, 0.2) is 34.2 Å². The van der Waals surface area contributed by atoms with E-state index in [4.69, 9.17) is 5.14 Å². The van der Waals surface area contributed by atoms with Gasteiger partial charge in [0.25, 0.3) is 5.91 Å². The summed E-state index contributed by atoms with van der Waals surface area (Å²) >= 11 is 0. The second-order valence-corrected chi connectivity index (χ2v) is 7.36. The molecular weight excluding hydrogens is 321 g/mol. The molecule has 0 bridgehead atoms. The highest BCUT2D eigenvalue weighted by Crippen LogP contribution is 2.24. The van der Waals surface area contributed by atoms with Crippen LogP contribution in [-0.2, 0) is 10.0 Å². The van der Waals surface area contributed by atoms with Crippen molar-refractivity contribution in [2.75, 3.05) is 26.2 Å². The van der Waals surface area contributed by atoms with Gasteiger partial charge >= 0.3 is 0 Å². The number of amides is 1. The molecule has 124 valence electrons. The van der Waals surface area contributed by atoms with E-state index >= 15 is 0 Å². The van der Waals surface area contributed by atoms with E-state index in [1.807, 2.05) is 0 Å². The van der Waals surface area contributed by atoms with Crippen LogP contribution in [-0.4, -0.2) is 45.4 Å². The number of carbonyl (C=O) groups is 1. The molecule has 3 rings (SSSR count). The SMILES string of the molecule is NS(=O)(=O)c1ccc(C(=O)N2CCC3=C(CCNC3)C2)c(F)c1. The lowest BCUT2D eigenvalue weighted by molar-refractivity contribution is 0.0755. The van der Waals surface area contributed by atoms with Gasteiger partial charge in [-0.3, -0.25) is 4.79 Å². The first-order chi connectivity index (χ1) is 10.9. The normalized spacial score (nSPS) is 18.8. The first-order valence-electron chi connectivity index (χ1n) is 7.38. The van der Waals surface area contributed by atoms with Gasteiger partial charge in [-0.05, 0) is 43.2 Å². The lowest BCUT2D eigenvalue weighted by Gasteiger charge is -2.33. The summed E-state index contributed by atoms with van der Waals surface area (Å²) in [6, 6.07) is 3.14. The predicted octanol–water partition coefficient (Wildman–Crippen LogP) is 0.609. The molecule has 23 heavy (non-hydrogen) atoms. The summed E-state index contributed by atoms with van der Waals surface area (Å²) in [6.07, 6.45) is 1.68. The lowest BCUT2D eigenvalue weighted by atomic mass is 9.94. The number of sulfonamides is 1. The van der Waals surface area contributed by atoms with E-state index in [9.17, 15) is 17.6 Å². The maximum absolute atomic E-state index is 14.1. The summed E-state index contributed by atoms with van der Waals surface area (Å²) in [6.45, 7) is 2.79. The van der Waals surface area contributed by atoms with Crippen LogP contribution in [0.25, 0.3) is 0 Å². The summed E-state index contributed by atoms with van der Waals surface area (Å²) in [5.41, 5.74) is 2.45. The van der Waals surface area contributed by atoms with Gasteiger partial charge < -0.3 is 10.2 Å². The van der Waals surface area contributed by atoms with Crippen LogP contribution in [0.3, 0.4) is 0 Å². The number of nitrogens with one attached hydrogen (secondary N) is 1. The molecule has 2 aliphatic heterocycles. The number of halogens is 1. The molecule has 3 N–H and O–H groups in total. The Bertz CT molecular complexity index is 789. The van der Waals surface area contributed by atoms with Crippen LogP contribution in [0, 0.1) is 5.82 Å². The van der Waals surface area contributed by atoms with Crippen molar-refractivity contribution in [3.63, 3.8) is 0 Å². The summed E-state index contributed by atoms with van der Waals surface area (Å²) in [5, 5.41) is 8.27. The van der Waals surface area contributed by atoms with Gasteiger partial charge in [-0.25, -0.2) is 17.9 Å². The number of hydrogen-bond acceptors (Lipinski definition) is 4. The molecule has 1 aromatic rings. The molecular formula is C15H18FN3O3S. The molecule has 0 aliphatic carbocycles. The Labute approximate surface area is 134 Å². The fourth-order valence-corrected chi connectivity index (χ4v) is 3.53. The Morgan fingerprint density at radius 2 is 2.04 bits per heavy atom. The van der Waals surface area contributed by atoms with Crippen LogP contribution in [0.5, 0.6) is 0 Å². The summed E-state index contributed by atoms with van der Waals surface area (Å²) < 4.78 is 36.6. The van der Waals surface area contributed by atoms with Crippen molar-refractivity contribution < 1.29 is 17.6 Å². The molecule has 0 atom stereocenters. The third-order valence-corrected chi connectivity index (χ3v) is 5.20. The van der Waals surface area contributed by atoms with Crippen molar-refractivity contribution in [2.45, 2.75) is 17.7 Å². The number of carbonyl (C=O) groups excluding carboxylic acids is 1. The maximum Gasteiger partial charge on any atom is 0.257 e. The number of primary sulfonamides is 1. The third kappa shape index (κ3) is 3.29. The second-order valence-electron chi connectivity index (χ2n) is 5.80. The molecule has 6 nitrogen and oxygen atoms in total. The first-order valence-corrected chi connectivity index (χ1v) is 8.93. The van der Waals surface area contributed by atoms with E-state index < -0.39 is 21.7 Å². The van der Waals surface area contributed by atoms with Gasteiger partial charge in [0.1, 0.15) is 5.82 Å². The maximum atomic E-state index is 14.1. The van der Waals surface area contributed by atoms with Crippen LogP contribution in [0.4, 0.5) is 4.39 Å². The zero-order chi connectivity index (χ0) is 16.6. The van der Waals surface area contributed by atoms with E-state index in [1.165, 1.54) is 17.2 Å². The molecule has 1 aromatic carbocycles. The molecule has 0 saturated heterocycles. The van der Waals surface area contributed by atoms with Gasteiger partial charge in [0.05, 0.1) is 10.5 Å². The Morgan fingerprint density at radius 1 is 1.26 bits per heavy atom. The average molecular weight is 339 g/mol. The predicted molar refractivity (Wildman–Crippen MR) is 82.8 cm³/mol. The molecule has 0 unspecified atom stereocenters. The number of nitrogens with zero attached hydrogens (tertiary/aromatic N) is 1. The first kappa shape index (κ1) is 16.1.